The third kappa shape index (κ3) is 2.76. The zero-order chi connectivity index (χ0) is 14.9. The highest BCUT2D eigenvalue weighted by atomic mass is 19.4. The summed E-state index contributed by atoms with van der Waals surface area (Å²) in [5, 5.41) is 1.25. The van der Waals surface area contributed by atoms with Crippen LogP contribution in [0.3, 0.4) is 0 Å². The minimum atomic E-state index is -6.55. The Hall–Kier alpha value is -1.87. The predicted molar refractivity (Wildman–Crippen MR) is 48.8 cm³/mol. The van der Waals surface area contributed by atoms with Crippen molar-refractivity contribution in [1.82, 2.24) is 4.98 Å². The fraction of sp³-hybridized carbons (Fsp3) is 0.333. The average molecular weight is 290 g/mol. The molecule has 0 bridgehead atoms. The quantitative estimate of drug-likeness (QED) is 0.870. The second kappa shape index (κ2) is 4.67. The molecule has 0 atom stereocenters. The van der Waals surface area contributed by atoms with Gasteiger partial charge in [0.15, 0.2) is 0 Å². The largest absolute Gasteiger partial charge is 0.460 e. The van der Waals surface area contributed by atoms with Crippen LogP contribution in [0.2, 0.25) is 0 Å². The summed E-state index contributed by atoms with van der Waals surface area (Å²) in [7, 11) is 0. The maximum absolute atomic E-state index is 12.9. The van der Waals surface area contributed by atoms with E-state index < -0.39 is 29.6 Å². The Morgan fingerprint density at radius 1 is 1.00 bits per heavy atom. The molecule has 0 spiro atoms. The van der Waals surface area contributed by atoms with Gasteiger partial charge < -0.3 is 5.32 Å². The molecule has 0 aliphatic carbocycles. The van der Waals surface area contributed by atoms with Crippen molar-refractivity contribution in [2.75, 3.05) is 5.32 Å². The molecule has 0 radical (unpaired) electrons. The number of hydrogen-bond acceptors (Lipinski definition) is 2. The zero-order valence-corrected chi connectivity index (χ0v) is 8.81. The van der Waals surface area contributed by atoms with E-state index in [-0.39, 0.29) is 0 Å². The van der Waals surface area contributed by atoms with Crippen molar-refractivity contribution in [3.63, 3.8) is 0 Å². The van der Waals surface area contributed by atoms with Gasteiger partial charge in [-0.25, -0.2) is 0 Å². The zero-order valence-electron chi connectivity index (χ0n) is 8.81. The molecule has 0 aromatic carbocycles. The number of amides is 1. The van der Waals surface area contributed by atoms with E-state index in [4.69, 9.17) is 0 Å². The molecule has 10 heteroatoms. The molecule has 1 aromatic heterocycles. The molecule has 1 aromatic rings. The van der Waals surface area contributed by atoms with Crippen LogP contribution in [-0.2, 0) is 4.79 Å². The van der Waals surface area contributed by atoms with Gasteiger partial charge >= 0.3 is 23.9 Å². The number of hydrogen-bond donors (Lipinski definition) is 1. The van der Waals surface area contributed by atoms with Crippen LogP contribution in [-0.4, -0.2) is 28.9 Å². The number of aromatic nitrogens is 1. The van der Waals surface area contributed by atoms with Crippen LogP contribution in [0.4, 0.5) is 36.4 Å². The topological polar surface area (TPSA) is 42.0 Å². The molecule has 0 saturated carbocycles. The van der Waals surface area contributed by atoms with Crippen LogP contribution in [0.5, 0.6) is 0 Å². The van der Waals surface area contributed by atoms with Gasteiger partial charge in [-0.05, 0) is 12.1 Å². The smallest absolute Gasteiger partial charge is 0.321 e. The molecule has 1 N–H and O–H groups in total. The van der Waals surface area contributed by atoms with Crippen LogP contribution in [0.25, 0.3) is 0 Å². The van der Waals surface area contributed by atoms with E-state index >= 15 is 0 Å². The summed E-state index contributed by atoms with van der Waals surface area (Å²) >= 11 is 0. The summed E-state index contributed by atoms with van der Waals surface area (Å²) < 4.78 is 86.2. The summed E-state index contributed by atoms with van der Waals surface area (Å²) in [5.41, 5.74) is -0.391. The van der Waals surface area contributed by atoms with Crippen molar-refractivity contribution in [1.29, 1.82) is 0 Å². The van der Waals surface area contributed by atoms with E-state index in [0.717, 1.165) is 24.5 Å². The lowest BCUT2D eigenvalue weighted by molar-refractivity contribution is -0.343. The summed E-state index contributed by atoms with van der Waals surface area (Å²) in [5.74, 6) is -15.2. The van der Waals surface area contributed by atoms with Crippen molar-refractivity contribution in [2.45, 2.75) is 18.0 Å². The van der Waals surface area contributed by atoms with Gasteiger partial charge in [-0.2, -0.15) is 30.7 Å². The number of alkyl halides is 7. The standard InChI is InChI=1S/C9H5F7N2O/c10-7(11,8(12,13)9(14,15)16)6(19)18-5-1-3-17-4-2-5/h1-4H,(H,17,18,19). The van der Waals surface area contributed by atoms with Gasteiger partial charge in [-0.3, -0.25) is 9.78 Å². The Morgan fingerprint density at radius 3 is 1.89 bits per heavy atom. The van der Waals surface area contributed by atoms with Gasteiger partial charge in [0.05, 0.1) is 0 Å². The van der Waals surface area contributed by atoms with Crippen LogP contribution in [0.15, 0.2) is 24.5 Å². The number of halogens is 7. The fourth-order valence-corrected chi connectivity index (χ4v) is 0.965. The number of nitrogens with one attached hydrogen (secondary N) is 1. The highest BCUT2D eigenvalue weighted by Crippen LogP contribution is 2.46. The first-order valence-corrected chi connectivity index (χ1v) is 4.54. The van der Waals surface area contributed by atoms with Crippen molar-refractivity contribution < 1.29 is 35.5 Å². The molecule has 0 unspecified atom stereocenters. The van der Waals surface area contributed by atoms with Gasteiger partial charge in [0.1, 0.15) is 0 Å². The number of anilines is 1. The summed E-state index contributed by atoms with van der Waals surface area (Å²) in [6, 6.07) is 1.89. The minimum Gasteiger partial charge on any atom is -0.321 e. The van der Waals surface area contributed by atoms with Crippen molar-refractivity contribution in [3.05, 3.63) is 24.5 Å². The summed E-state index contributed by atoms with van der Waals surface area (Å²) in [4.78, 5) is 14.3. The van der Waals surface area contributed by atoms with E-state index in [1.165, 1.54) is 5.32 Å². The fourth-order valence-electron chi connectivity index (χ4n) is 0.965. The normalized spacial score (nSPS) is 13.2. The molecule has 19 heavy (non-hydrogen) atoms. The van der Waals surface area contributed by atoms with E-state index in [0.29, 0.717) is 0 Å². The summed E-state index contributed by atoms with van der Waals surface area (Å²) in [6.07, 6.45) is -4.50. The summed E-state index contributed by atoms with van der Waals surface area (Å²) in [6.45, 7) is 0. The van der Waals surface area contributed by atoms with Crippen LogP contribution < -0.4 is 5.32 Å². The van der Waals surface area contributed by atoms with Crippen molar-refractivity contribution in [2.24, 2.45) is 0 Å². The third-order valence-electron chi connectivity index (χ3n) is 1.97. The maximum Gasteiger partial charge on any atom is 0.460 e. The van der Waals surface area contributed by atoms with E-state index in [9.17, 15) is 35.5 Å². The number of carbonyl (C=O) groups excluding carboxylic acids is 1. The molecule has 1 amide bonds. The van der Waals surface area contributed by atoms with Gasteiger partial charge in [0.2, 0.25) is 0 Å². The Kier molecular flexibility index (Phi) is 3.73. The lowest BCUT2D eigenvalue weighted by Crippen LogP contribution is -2.57. The second-order valence-electron chi connectivity index (χ2n) is 3.34. The monoisotopic (exact) mass is 290 g/mol. The number of rotatable bonds is 3. The van der Waals surface area contributed by atoms with Crippen LogP contribution >= 0.6 is 0 Å². The Balaban J connectivity index is 2.98. The van der Waals surface area contributed by atoms with Gasteiger partial charge in [-0.1, -0.05) is 0 Å². The maximum atomic E-state index is 12.9. The first-order valence-electron chi connectivity index (χ1n) is 4.54. The van der Waals surface area contributed by atoms with Crippen molar-refractivity contribution in [3.8, 4) is 0 Å². The minimum absolute atomic E-state index is 0.391. The average Bonchev–Trinajstić information content (AvgIpc) is 2.28. The molecular weight excluding hydrogens is 285 g/mol. The molecule has 0 saturated heterocycles. The van der Waals surface area contributed by atoms with Crippen LogP contribution in [0.1, 0.15) is 0 Å². The van der Waals surface area contributed by atoms with Gasteiger partial charge in [-0.15, -0.1) is 0 Å². The lowest BCUT2D eigenvalue weighted by Gasteiger charge is -2.26. The van der Waals surface area contributed by atoms with E-state index in [2.05, 4.69) is 4.98 Å². The second-order valence-corrected chi connectivity index (χ2v) is 3.34. The number of pyridine rings is 1. The molecule has 1 heterocycles. The van der Waals surface area contributed by atoms with E-state index in [1.807, 2.05) is 0 Å². The first kappa shape index (κ1) is 15.2. The van der Waals surface area contributed by atoms with Gasteiger partial charge in [0.25, 0.3) is 0 Å². The molecular formula is C9H5F7N2O. The molecule has 0 aliphatic rings. The predicted octanol–water partition coefficient (Wildman–Crippen LogP) is 2.85. The lowest BCUT2D eigenvalue weighted by atomic mass is 10.1. The Labute approximate surface area is 101 Å². The number of nitrogens with zero attached hydrogens (tertiary/aromatic N) is 1. The third-order valence-corrected chi connectivity index (χ3v) is 1.97. The molecule has 1 rings (SSSR count). The Bertz CT molecular complexity index is 457. The number of carbonyl (C=O) groups is 1. The molecule has 0 aliphatic heterocycles. The highest BCUT2D eigenvalue weighted by molar-refractivity contribution is 5.96. The first-order chi connectivity index (χ1) is 8.50. The SMILES string of the molecule is O=C(Nc1ccncc1)C(F)(F)C(F)(F)C(F)(F)F. The molecule has 0 fully saturated rings. The Morgan fingerprint density at radius 2 is 1.47 bits per heavy atom. The van der Waals surface area contributed by atoms with Gasteiger partial charge in [0, 0.05) is 18.1 Å². The van der Waals surface area contributed by atoms with Crippen LogP contribution in [0, 0.1) is 0 Å². The van der Waals surface area contributed by atoms with E-state index in [1.54, 1.807) is 0 Å². The molecule has 106 valence electrons. The highest BCUT2D eigenvalue weighted by Gasteiger charge is 2.76. The van der Waals surface area contributed by atoms with Crippen molar-refractivity contribution >= 4 is 11.6 Å². The molecule has 3 nitrogen and oxygen atoms in total.